The Kier molecular flexibility index (Phi) is 4.91. The van der Waals surface area contributed by atoms with Gasteiger partial charge in [-0.15, -0.1) is 0 Å². The minimum atomic E-state index is -0.184. The van der Waals surface area contributed by atoms with Crippen LogP contribution < -0.4 is 5.32 Å². The first kappa shape index (κ1) is 14.4. The van der Waals surface area contributed by atoms with E-state index >= 15 is 0 Å². The first-order valence-electron chi connectivity index (χ1n) is 6.93. The van der Waals surface area contributed by atoms with Crippen LogP contribution in [0.2, 0.25) is 0 Å². The minimum Gasteiger partial charge on any atom is -0.374 e. The number of likely N-dealkylation sites (N-methyl/N-ethyl adjacent to an activating group) is 2. The van der Waals surface area contributed by atoms with Gasteiger partial charge in [0, 0.05) is 13.1 Å². The average molecular weight is 266 g/mol. The highest BCUT2D eigenvalue weighted by molar-refractivity contribution is 5.30. The van der Waals surface area contributed by atoms with E-state index in [9.17, 15) is 4.39 Å². The first-order valence-corrected chi connectivity index (χ1v) is 6.93. The summed E-state index contributed by atoms with van der Waals surface area (Å²) >= 11 is 0. The maximum Gasteiger partial charge on any atom is 0.123 e. The van der Waals surface area contributed by atoms with Crippen molar-refractivity contribution in [3.05, 3.63) is 35.1 Å². The molecule has 0 aromatic heterocycles. The average Bonchev–Trinajstić information content (AvgIpc) is 2.42. The molecule has 0 saturated carbocycles. The summed E-state index contributed by atoms with van der Waals surface area (Å²) in [5.41, 5.74) is 2.09. The molecule has 0 bridgehead atoms. The number of nitrogens with zero attached hydrogens (tertiary/aromatic N) is 1. The van der Waals surface area contributed by atoms with Crippen LogP contribution in [-0.2, 0) is 4.74 Å². The monoisotopic (exact) mass is 266 g/mol. The summed E-state index contributed by atoms with van der Waals surface area (Å²) in [5.74, 6) is -0.184. The molecule has 1 aromatic rings. The third kappa shape index (κ3) is 3.32. The summed E-state index contributed by atoms with van der Waals surface area (Å²) in [7, 11) is 1.93. The van der Waals surface area contributed by atoms with Gasteiger partial charge in [0.05, 0.1) is 18.8 Å². The highest BCUT2D eigenvalue weighted by Gasteiger charge is 2.28. The van der Waals surface area contributed by atoms with Gasteiger partial charge in [-0.25, -0.2) is 4.39 Å². The second-order valence-electron chi connectivity index (χ2n) is 5.07. The van der Waals surface area contributed by atoms with E-state index in [4.69, 9.17) is 4.74 Å². The van der Waals surface area contributed by atoms with Gasteiger partial charge in [-0.2, -0.15) is 0 Å². The van der Waals surface area contributed by atoms with Crippen LogP contribution >= 0.6 is 0 Å². The Morgan fingerprint density at radius 1 is 1.53 bits per heavy atom. The maximum atomic E-state index is 13.2. The van der Waals surface area contributed by atoms with Crippen molar-refractivity contribution in [3.63, 3.8) is 0 Å². The molecule has 2 rings (SSSR count). The summed E-state index contributed by atoms with van der Waals surface area (Å²) in [6, 6.07) is 5.07. The summed E-state index contributed by atoms with van der Waals surface area (Å²) in [4.78, 5) is 2.39. The van der Waals surface area contributed by atoms with Gasteiger partial charge in [-0.05, 0) is 43.8 Å². The van der Waals surface area contributed by atoms with Crippen LogP contribution in [0, 0.1) is 12.7 Å². The van der Waals surface area contributed by atoms with Crippen LogP contribution in [0.4, 0.5) is 4.39 Å². The predicted molar refractivity (Wildman–Crippen MR) is 74.8 cm³/mol. The SMILES string of the molecule is CCN1CCOC(C(NC)c2ccc(F)cc2C)C1. The van der Waals surface area contributed by atoms with Gasteiger partial charge >= 0.3 is 0 Å². The van der Waals surface area contributed by atoms with Crippen LogP contribution in [0.15, 0.2) is 18.2 Å². The van der Waals surface area contributed by atoms with Gasteiger partial charge in [-0.1, -0.05) is 13.0 Å². The fourth-order valence-corrected chi connectivity index (χ4v) is 2.75. The zero-order chi connectivity index (χ0) is 13.8. The van der Waals surface area contributed by atoms with Crippen LogP contribution in [0.1, 0.15) is 24.1 Å². The van der Waals surface area contributed by atoms with E-state index in [0.29, 0.717) is 0 Å². The molecule has 1 saturated heterocycles. The predicted octanol–water partition coefficient (Wildman–Crippen LogP) is 2.12. The summed E-state index contributed by atoms with van der Waals surface area (Å²) in [5, 5.41) is 3.32. The van der Waals surface area contributed by atoms with Gasteiger partial charge in [0.1, 0.15) is 5.82 Å². The van der Waals surface area contributed by atoms with Gasteiger partial charge in [0.15, 0.2) is 0 Å². The molecule has 1 aromatic carbocycles. The number of hydrogen-bond acceptors (Lipinski definition) is 3. The van der Waals surface area contributed by atoms with E-state index in [1.54, 1.807) is 6.07 Å². The lowest BCUT2D eigenvalue weighted by atomic mass is 9.96. The standard InChI is InChI=1S/C15H23FN2O/c1-4-18-7-8-19-14(10-18)15(17-3)13-6-5-12(16)9-11(13)2/h5-6,9,14-15,17H,4,7-8,10H2,1-3H3. The highest BCUT2D eigenvalue weighted by Crippen LogP contribution is 2.25. The van der Waals surface area contributed by atoms with Crippen molar-refractivity contribution in [2.45, 2.75) is 26.0 Å². The van der Waals surface area contributed by atoms with Gasteiger partial charge in [0.25, 0.3) is 0 Å². The second kappa shape index (κ2) is 6.46. The Bertz CT molecular complexity index is 425. The van der Waals surface area contributed by atoms with Crippen molar-refractivity contribution in [1.82, 2.24) is 10.2 Å². The number of ether oxygens (including phenoxy) is 1. The number of rotatable bonds is 4. The molecular formula is C15H23FN2O. The third-order valence-corrected chi connectivity index (χ3v) is 3.87. The molecule has 19 heavy (non-hydrogen) atoms. The summed E-state index contributed by atoms with van der Waals surface area (Å²) in [6.07, 6.45) is 0.114. The number of benzene rings is 1. The molecule has 4 heteroatoms. The van der Waals surface area contributed by atoms with Crippen molar-refractivity contribution in [2.24, 2.45) is 0 Å². The fraction of sp³-hybridized carbons (Fsp3) is 0.600. The van der Waals surface area contributed by atoms with Crippen molar-refractivity contribution < 1.29 is 9.13 Å². The largest absolute Gasteiger partial charge is 0.374 e. The lowest BCUT2D eigenvalue weighted by Gasteiger charge is -2.37. The summed E-state index contributed by atoms with van der Waals surface area (Å²) < 4.78 is 19.1. The Morgan fingerprint density at radius 2 is 2.32 bits per heavy atom. The van der Waals surface area contributed by atoms with Gasteiger partial charge in [-0.3, -0.25) is 4.90 Å². The number of morpholine rings is 1. The number of hydrogen-bond donors (Lipinski definition) is 1. The Labute approximate surface area is 114 Å². The van der Waals surface area contributed by atoms with Crippen LogP contribution in [0.25, 0.3) is 0 Å². The molecule has 1 fully saturated rings. The molecule has 3 nitrogen and oxygen atoms in total. The van der Waals surface area contributed by atoms with Crippen molar-refractivity contribution >= 4 is 0 Å². The van der Waals surface area contributed by atoms with E-state index in [1.807, 2.05) is 20.0 Å². The number of halogens is 1. The van der Waals surface area contributed by atoms with E-state index in [-0.39, 0.29) is 18.0 Å². The maximum absolute atomic E-state index is 13.2. The highest BCUT2D eigenvalue weighted by atomic mass is 19.1. The van der Waals surface area contributed by atoms with Crippen LogP contribution in [0.3, 0.4) is 0 Å². The Hall–Kier alpha value is -0.970. The summed E-state index contributed by atoms with van der Waals surface area (Å²) in [6.45, 7) is 7.82. The van der Waals surface area contributed by atoms with Crippen molar-refractivity contribution in [3.8, 4) is 0 Å². The zero-order valence-corrected chi connectivity index (χ0v) is 11.9. The molecule has 1 aliphatic heterocycles. The number of aryl methyl sites for hydroxylation is 1. The smallest absolute Gasteiger partial charge is 0.123 e. The zero-order valence-electron chi connectivity index (χ0n) is 11.9. The first-order chi connectivity index (χ1) is 9.15. The topological polar surface area (TPSA) is 24.5 Å². The molecular weight excluding hydrogens is 243 g/mol. The fourth-order valence-electron chi connectivity index (χ4n) is 2.75. The van der Waals surface area contributed by atoms with E-state index in [1.165, 1.54) is 6.07 Å². The van der Waals surface area contributed by atoms with Crippen molar-refractivity contribution in [1.29, 1.82) is 0 Å². The lowest BCUT2D eigenvalue weighted by molar-refractivity contribution is -0.0445. The van der Waals surface area contributed by atoms with Gasteiger partial charge < -0.3 is 10.1 Å². The number of nitrogens with one attached hydrogen (secondary N) is 1. The molecule has 2 atom stereocenters. The molecule has 0 amide bonds. The van der Waals surface area contributed by atoms with Gasteiger partial charge in [0.2, 0.25) is 0 Å². The van der Waals surface area contributed by atoms with Crippen LogP contribution in [-0.4, -0.2) is 44.3 Å². The molecule has 0 aliphatic carbocycles. The third-order valence-electron chi connectivity index (χ3n) is 3.87. The molecule has 1 N–H and O–H groups in total. The molecule has 1 heterocycles. The van der Waals surface area contributed by atoms with Crippen molar-refractivity contribution in [2.75, 3.05) is 33.3 Å². The quantitative estimate of drug-likeness (QED) is 0.903. The van der Waals surface area contributed by atoms with E-state index < -0.39 is 0 Å². The molecule has 0 radical (unpaired) electrons. The molecule has 0 spiro atoms. The lowest BCUT2D eigenvalue weighted by Crippen LogP contribution is -2.47. The van der Waals surface area contributed by atoms with E-state index in [2.05, 4.69) is 17.1 Å². The Morgan fingerprint density at radius 3 is 2.95 bits per heavy atom. The molecule has 1 aliphatic rings. The van der Waals surface area contributed by atoms with Crippen LogP contribution in [0.5, 0.6) is 0 Å². The Balaban J connectivity index is 2.19. The second-order valence-corrected chi connectivity index (χ2v) is 5.07. The molecule has 2 unspecified atom stereocenters. The van der Waals surface area contributed by atoms with E-state index in [0.717, 1.165) is 37.4 Å². The minimum absolute atomic E-state index is 0.106. The molecule has 106 valence electrons. The normalized spacial score (nSPS) is 22.4.